The number of benzene rings is 2. The van der Waals surface area contributed by atoms with Gasteiger partial charge in [0.2, 0.25) is 0 Å². The predicted molar refractivity (Wildman–Crippen MR) is 144 cm³/mol. The number of aromatic hydroxyl groups is 3. The summed E-state index contributed by atoms with van der Waals surface area (Å²) >= 11 is 0. The quantitative estimate of drug-likeness (QED) is 0.244. The topological polar surface area (TPSA) is 153 Å². The van der Waals surface area contributed by atoms with Crippen molar-refractivity contribution in [2.24, 2.45) is 14.1 Å². The highest BCUT2D eigenvalue weighted by Gasteiger charge is 2.36. The van der Waals surface area contributed by atoms with Crippen LogP contribution in [0.15, 0.2) is 35.3 Å². The number of methoxy groups -OCH3 is 1. The number of carbonyl (C=O) groups excluding carboxylic acids is 2. The van der Waals surface area contributed by atoms with E-state index in [1.807, 2.05) is 0 Å². The summed E-state index contributed by atoms with van der Waals surface area (Å²) in [5.74, 6) is -3.06. The van der Waals surface area contributed by atoms with Crippen molar-refractivity contribution >= 4 is 22.8 Å². The Labute approximate surface area is 228 Å². The first-order valence-electron chi connectivity index (χ1n) is 12.6. The number of ketones is 1. The molecule has 0 saturated heterocycles. The molecule has 0 radical (unpaired) electrons. The maximum atomic E-state index is 12.7. The molecule has 0 bridgehead atoms. The lowest BCUT2D eigenvalue weighted by Crippen LogP contribution is -2.19. The zero-order chi connectivity index (χ0) is 29.0. The van der Waals surface area contributed by atoms with Crippen molar-refractivity contribution in [3.63, 3.8) is 0 Å². The molecule has 5 rings (SSSR count). The van der Waals surface area contributed by atoms with Crippen LogP contribution in [0.4, 0.5) is 0 Å². The molecule has 208 valence electrons. The lowest BCUT2D eigenvalue weighted by atomic mass is 9.83. The van der Waals surface area contributed by atoms with Crippen molar-refractivity contribution in [3.05, 3.63) is 80.0 Å². The van der Waals surface area contributed by atoms with Gasteiger partial charge >= 0.3 is 11.7 Å². The standard InChI is InChI=1S/C29H29N3O8/c1-13-25(35)23-16(11-30-13)12-40-28(23)19-9-17(14(2)33)26(36)24(27(19)37)18(10-22(34)39-5)15-6-7-20-21(8-15)32(4)29(38)31(20)3/h6-9,11,18,28,35-37H,10,12H2,1-5H3/t18-,28-/m1/s1. The minimum atomic E-state index is -0.973. The summed E-state index contributed by atoms with van der Waals surface area (Å²) in [5, 5.41) is 33.8. The molecule has 1 aliphatic heterocycles. The Bertz CT molecular complexity index is 1770. The van der Waals surface area contributed by atoms with Gasteiger partial charge < -0.3 is 24.8 Å². The first-order chi connectivity index (χ1) is 19.0. The highest BCUT2D eigenvalue weighted by Crippen LogP contribution is 2.50. The number of hydrogen-bond acceptors (Lipinski definition) is 9. The summed E-state index contributed by atoms with van der Waals surface area (Å²) in [4.78, 5) is 42.0. The summed E-state index contributed by atoms with van der Waals surface area (Å²) in [7, 11) is 4.48. The van der Waals surface area contributed by atoms with Crippen LogP contribution >= 0.6 is 0 Å². The Balaban J connectivity index is 1.78. The van der Waals surface area contributed by atoms with Gasteiger partial charge in [-0.25, -0.2) is 4.79 Å². The first kappa shape index (κ1) is 26.9. The van der Waals surface area contributed by atoms with Gasteiger partial charge in [-0.3, -0.25) is 23.7 Å². The van der Waals surface area contributed by atoms with Gasteiger partial charge in [0.1, 0.15) is 23.4 Å². The van der Waals surface area contributed by atoms with Crippen LogP contribution in [0.1, 0.15) is 69.2 Å². The number of ether oxygens (including phenoxy) is 2. The fraction of sp³-hybridized carbons (Fsp3) is 0.310. The number of rotatable bonds is 6. The highest BCUT2D eigenvalue weighted by molar-refractivity contribution is 5.98. The number of phenolic OH excluding ortho intramolecular Hbond substituents is 2. The number of imidazole rings is 1. The van der Waals surface area contributed by atoms with Gasteiger partial charge in [0, 0.05) is 48.5 Å². The van der Waals surface area contributed by atoms with Crippen molar-refractivity contribution in [1.82, 2.24) is 14.1 Å². The Hall–Kier alpha value is -4.64. The number of fused-ring (bicyclic) bond motifs is 2. The summed E-state index contributed by atoms with van der Waals surface area (Å²) in [6.45, 7) is 3.01. The van der Waals surface area contributed by atoms with E-state index in [0.717, 1.165) is 0 Å². The molecule has 0 saturated carbocycles. The lowest BCUT2D eigenvalue weighted by Gasteiger charge is -2.24. The second-order valence-electron chi connectivity index (χ2n) is 9.98. The lowest BCUT2D eigenvalue weighted by molar-refractivity contribution is -0.140. The van der Waals surface area contributed by atoms with E-state index in [1.54, 1.807) is 45.4 Å². The Kier molecular flexibility index (Phi) is 6.62. The molecular weight excluding hydrogens is 518 g/mol. The van der Waals surface area contributed by atoms with Crippen LogP contribution in [0.25, 0.3) is 11.0 Å². The number of esters is 1. The van der Waals surface area contributed by atoms with E-state index < -0.39 is 35.3 Å². The fourth-order valence-electron chi connectivity index (χ4n) is 5.44. The van der Waals surface area contributed by atoms with Gasteiger partial charge in [0.05, 0.1) is 42.4 Å². The van der Waals surface area contributed by atoms with E-state index >= 15 is 0 Å². The molecule has 40 heavy (non-hydrogen) atoms. The number of pyridine rings is 1. The second kappa shape index (κ2) is 9.83. The van der Waals surface area contributed by atoms with E-state index in [-0.39, 0.29) is 41.2 Å². The molecule has 3 heterocycles. The number of Topliss-reactive ketones (excluding diaryl/α,β-unsaturated/α-hetero) is 1. The van der Waals surface area contributed by atoms with E-state index in [2.05, 4.69) is 4.98 Å². The third-order valence-electron chi connectivity index (χ3n) is 7.67. The molecule has 2 aromatic heterocycles. The van der Waals surface area contributed by atoms with Gasteiger partial charge in [0.15, 0.2) is 5.78 Å². The third kappa shape index (κ3) is 4.10. The smallest absolute Gasteiger partial charge is 0.328 e. The second-order valence-corrected chi connectivity index (χ2v) is 9.98. The molecule has 0 amide bonds. The Morgan fingerprint density at radius 2 is 1.80 bits per heavy atom. The molecule has 2 atom stereocenters. The number of aryl methyl sites for hydroxylation is 3. The number of phenols is 2. The Morgan fingerprint density at radius 3 is 2.48 bits per heavy atom. The molecule has 2 aromatic carbocycles. The molecule has 11 nitrogen and oxygen atoms in total. The van der Waals surface area contributed by atoms with Crippen LogP contribution in [0.5, 0.6) is 17.2 Å². The molecule has 3 N–H and O–H groups in total. The first-order valence-corrected chi connectivity index (χ1v) is 12.6. The summed E-state index contributed by atoms with van der Waals surface area (Å²) in [6, 6.07) is 6.44. The van der Waals surface area contributed by atoms with Gasteiger partial charge in [-0.05, 0) is 37.6 Å². The van der Waals surface area contributed by atoms with Crippen molar-refractivity contribution in [1.29, 1.82) is 0 Å². The molecule has 4 aromatic rings. The van der Waals surface area contributed by atoms with Crippen LogP contribution in [0.2, 0.25) is 0 Å². The van der Waals surface area contributed by atoms with Crippen LogP contribution < -0.4 is 5.69 Å². The fourth-order valence-corrected chi connectivity index (χ4v) is 5.44. The van der Waals surface area contributed by atoms with Crippen LogP contribution in [-0.4, -0.2) is 48.3 Å². The highest BCUT2D eigenvalue weighted by atomic mass is 16.5. The number of nitrogens with zero attached hydrogens (tertiary/aromatic N) is 3. The van der Waals surface area contributed by atoms with Gasteiger partial charge in [0.25, 0.3) is 0 Å². The summed E-state index contributed by atoms with van der Waals surface area (Å²) < 4.78 is 13.8. The number of hydrogen-bond donors (Lipinski definition) is 3. The summed E-state index contributed by atoms with van der Waals surface area (Å²) in [6.07, 6.45) is 0.320. The number of carbonyl (C=O) groups is 2. The van der Waals surface area contributed by atoms with E-state index in [1.165, 1.54) is 29.2 Å². The van der Waals surface area contributed by atoms with Crippen molar-refractivity contribution in [2.45, 2.75) is 38.9 Å². The molecule has 0 unspecified atom stereocenters. The van der Waals surface area contributed by atoms with Gasteiger partial charge in [-0.2, -0.15) is 0 Å². The largest absolute Gasteiger partial charge is 0.507 e. The third-order valence-corrected chi connectivity index (χ3v) is 7.67. The zero-order valence-electron chi connectivity index (χ0n) is 22.7. The van der Waals surface area contributed by atoms with Gasteiger partial charge in [-0.15, -0.1) is 0 Å². The molecule has 0 fully saturated rings. The van der Waals surface area contributed by atoms with Crippen molar-refractivity contribution in [2.75, 3.05) is 7.11 Å². The minimum Gasteiger partial charge on any atom is -0.507 e. The van der Waals surface area contributed by atoms with Crippen molar-refractivity contribution < 1.29 is 34.4 Å². The van der Waals surface area contributed by atoms with Crippen LogP contribution in [-0.2, 0) is 35.0 Å². The van der Waals surface area contributed by atoms with Crippen molar-refractivity contribution in [3.8, 4) is 17.2 Å². The minimum absolute atomic E-state index is 0.0734. The molecule has 0 aliphatic carbocycles. The van der Waals surface area contributed by atoms with Crippen LogP contribution in [0.3, 0.4) is 0 Å². The van der Waals surface area contributed by atoms with E-state index in [9.17, 15) is 29.7 Å². The summed E-state index contributed by atoms with van der Waals surface area (Å²) in [5.41, 5.74) is 2.83. The van der Waals surface area contributed by atoms with Gasteiger partial charge in [-0.1, -0.05) is 6.07 Å². The van der Waals surface area contributed by atoms with E-state index in [0.29, 0.717) is 33.4 Å². The maximum absolute atomic E-state index is 12.7. The molecule has 0 spiro atoms. The Morgan fingerprint density at radius 1 is 1.10 bits per heavy atom. The monoisotopic (exact) mass is 547 g/mol. The van der Waals surface area contributed by atoms with E-state index in [4.69, 9.17) is 9.47 Å². The predicted octanol–water partition coefficient (Wildman–Crippen LogP) is 3.21. The molecule has 11 heteroatoms. The average molecular weight is 548 g/mol. The normalized spacial score (nSPS) is 15.3. The SMILES string of the molecule is COC(=O)C[C@H](c1ccc2c(c1)n(C)c(=O)n2C)c1c(O)c(C(C)=O)cc([C@H]2OCc3cnc(C)c(O)c32)c1O. The molecule has 1 aliphatic rings. The number of aromatic nitrogens is 3. The zero-order valence-corrected chi connectivity index (χ0v) is 22.7. The van der Waals surface area contributed by atoms with Crippen LogP contribution in [0, 0.1) is 6.92 Å². The maximum Gasteiger partial charge on any atom is 0.328 e. The molecular formula is C29H29N3O8. The average Bonchev–Trinajstić information content (AvgIpc) is 3.45.